The smallest absolute Gasteiger partial charge is 0.389 e. The van der Waals surface area contributed by atoms with Gasteiger partial charge >= 0.3 is 6.18 Å². The molecule has 0 bridgehead atoms. The highest BCUT2D eigenvalue weighted by Gasteiger charge is 2.29. The van der Waals surface area contributed by atoms with Crippen LogP contribution in [0.25, 0.3) is 0 Å². The third kappa shape index (κ3) is 5.34. The summed E-state index contributed by atoms with van der Waals surface area (Å²) in [5, 5.41) is 14.7. The number of alkyl halides is 3. The molecule has 1 aliphatic rings. The Bertz CT molecular complexity index is 448. The van der Waals surface area contributed by atoms with Crippen molar-refractivity contribution < 1.29 is 18.3 Å². The molecule has 120 valence electrons. The summed E-state index contributed by atoms with van der Waals surface area (Å²) in [6.07, 6.45) is 1.97. The minimum absolute atomic E-state index is 0.0557. The van der Waals surface area contributed by atoms with Crippen molar-refractivity contribution in [3.8, 4) is 0 Å². The third-order valence-corrected chi connectivity index (χ3v) is 4.10. The van der Waals surface area contributed by atoms with Crippen molar-refractivity contribution in [2.45, 2.75) is 76.1 Å². The zero-order chi connectivity index (χ0) is 15.5. The van der Waals surface area contributed by atoms with E-state index < -0.39 is 18.2 Å². The van der Waals surface area contributed by atoms with Gasteiger partial charge in [-0.3, -0.25) is 4.68 Å². The standard InChI is InChI=1S/C15H23F3N2O/c1-14(21,8-4-9-15(16,17)18)11-12-7-10-20(19-12)13-5-2-3-6-13/h7,10,13,21H,2-6,8-9,11H2,1H3. The predicted molar refractivity (Wildman–Crippen MR) is 74.0 cm³/mol. The maximum absolute atomic E-state index is 12.1. The molecule has 3 nitrogen and oxygen atoms in total. The molecule has 1 N–H and O–H groups in total. The quantitative estimate of drug-likeness (QED) is 0.862. The highest BCUT2D eigenvalue weighted by Crippen LogP contribution is 2.30. The van der Waals surface area contributed by atoms with E-state index in [9.17, 15) is 18.3 Å². The second-order valence-electron chi connectivity index (χ2n) is 6.37. The Kier molecular flexibility index (Phi) is 4.96. The van der Waals surface area contributed by atoms with Crippen molar-refractivity contribution in [1.29, 1.82) is 0 Å². The average Bonchev–Trinajstić information content (AvgIpc) is 2.95. The Balaban J connectivity index is 1.84. The number of aliphatic hydroxyl groups is 1. The Labute approximate surface area is 123 Å². The van der Waals surface area contributed by atoms with E-state index in [2.05, 4.69) is 5.10 Å². The van der Waals surface area contributed by atoms with Gasteiger partial charge < -0.3 is 5.11 Å². The molecule has 0 aromatic carbocycles. The van der Waals surface area contributed by atoms with Crippen molar-refractivity contribution >= 4 is 0 Å². The second-order valence-corrected chi connectivity index (χ2v) is 6.37. The zero-order valence-corrected chi connectivity index (χ0v) is 12.4. The summed E-state index contributed by atoms with van der Waals surface area (Å²) in [5.74, 6) is 0. The lowest BCUT2D eigenvalue weighted by atomic mass is 9.93. The Hall–Kier alpha value is -1.04. The minimum atomic E-state index is -4.15. The van der Waals surface area contributed by atoms with Crippen LogP contribution in [0.1, 0.15) is 63.6 Å². The first-order chi connectivity index (χ1) is 9.75. The first-order valence-corrected chi connectivity index (χ1v) is 7.58. The molecule has 1 heterocycles. The maximum atomic E-state index is 12.1. The van der Waals surface area contributed by atoms with E-state index in [-0.39, 0.29) is 12.8 Å². The van der Waals surface area contributed by atoms with Crippen LogP contribution in [0.3, 0.4) is 0 Å². The van der Waals surface area contributed by atoms with E-state index >= 15 is 0 Å². The van der Waals surface area contributed by atoms with Crippen LogP contribution in [0.4, 0.5) is 13.2 Å². The molecule has 1 aromatic heterocycles. The van der Waals surface area contributed by atoms with Gasteiger partial charge in [0.15, 0.2) is 0 Å². The summed E-state index contributed by atoms with van der Waals surface area (Å²) in [5.41, 5.74) is -0.390. The molecule has 21 heavy (non-hydrogen) atoms. The van der Waals surface area contributed by atoms with E-state index in [1.54, 1.807) is 6.92 Å². The second kappa shape index (κ2) is 6.38. The van der Waals surface area contributed by atoms with Gasteiger partial charge in [-0.15, -0.1) is 0 Å². The highest BCUT2D eigenvalue weighted by atomic mass is 19.4. The van der Waals surface area contributed by atoms with Gasteiger partial charge in [0.05, 0.1) is 17.3 Å². The molecule has 0 saturated heterocycles. The van der Waals surface area contributed by atoms with Gasteiger partial charge in [-0.05, 0) is 38.7 Å². The Morgan fingerprint density at radius 3 is 2.57 bits per heavy atom. The van der Waals surface area contributed by atoms with Gasteiger partial charge in [-0.2, -0.15) is 18.3 Å². The van der Waals surface area contributed by atoms with Crippen molar-refractivity contribution in [2.75, 3.05) is 0 Å². The van der Waals surface area contributed by atoms with Crippen LogP contribution in [0, 0.1) is 0 Å². The lowest BCUT2D eigenvalue weighted by Crippen LogP contribution is -2.28. The normalized spacial score (nSPS) is 19.9. The van der Waals surface area contributed by atoms with Gasteiger partial charge in [0, 0.05) is 19.0 Å². The number of hydrogen-bond donors (Lipinski definition) is 1. The first-order valence-electron chi connectivity index (χ1n) is 7.58. The summed E-state index contributed by atoms with van der Waals surface area (Å²) < 4.78 is 38.3. The lowest BCUT2D eigenvalue weighted by molar-refractivity contribution is -0.137. The van der Waals surface area contributed by atoms with Crippen LogP contribution in [-0.4, -0.2) is 26.7 Å². The summed E-state index contributed by atoms with van der Waals surface area (Å²) in [6, 6.07) is 2.30. The molecule has 1 atom stereocenters. The predicted octanol–water partition coefficient (Wildman–Crippen LogP) is 4.02. The number of rotatable bonds is 6. The van der Waals surface area contributed by atoms with Crippen LogP contribution >= 0.6 is 0 Å². The van der Waals surface area contributed by atoms with Crippen LogP contribution in [0.5, 0.6) is 0 Å². The topological polar surface area (TPSA) is 38.0 Å². The maximum Gasteiger partial charge on any atom is 0.389 e. The van der Waals surface area contributed by atoms with E-state index in [0.717, 1.165) is 18.5 Å². The van der Waals surface area contributed by atoms with Crippen LogP contribution in [0.15, 0.2) is 12.3 Å². The van der Waals surface area contributed by atoms with Crippen molar-refractivity contribution in [3.63, 3.8) is 0 Å². The van der Waals surface area contributed by atoms with Crippen LogP contribution in [-0.2, 0) is 6.42 Å². The van der Waals surface area contributed by atoms with Gasteiger partial charge in [0.1, 0.15) is 0 Å². The SMILES string of the molecule is CC(O)(CCCC(F)(F)F)Cc1ccn(C2CCCC2)n1. The van der Waals surface area contributed by atoms with Gasteiger partial charge in [0.2, 0.25) is 0 Å². The van der Waals surface area contributed by atoms with Crippen molar-refractivity contribution in [2.24, 2.45) is 0 Å². The third-order valence-electron chi connectivity index (χ3n) is 4.10. The molecule has 6 heteroatoms. The summed E-state index contributed by atoms with van der Waals surface area (Å²) in [4.78, 5) is 0. The molecule has 0 amide bonds. The lowest BCUT2D eigenvalue weighted by Gasteiger charge is -2.22. The number of halogens is 3. The largest absolute Gasteiger partial charge is 0.390 e. The molecule has 0 spiro atoms. The molecule has 1 unspecified atom stereocenters. The summed E-state index contributed by atoms with van der Waals surface area (Å²) >= 11 is 0. The molecular formula is C15H23F3N2O. The van der Waals surface area contributed by atoms with E-state index in [1.807, 2.05) is 16.9 Å². The first kappa shape index (κ1) is 16.3. The Morgan fingerprint density at radius 2 is 1.95 bits per heavy atom. The molecule has 1 aromatic rings. The van der Waals surface area contributed by atoms with Crippen LogP contribution in [0.2, 0.25) is 0 Å². The number of aromatic nitrogens is 2. The molecule has 0 aliphatic heterocycles. The van der Waals surface area contributed by atoms with Gasteiger partial charge in [-0.25, -0.2) is 0 Å². The van der Waals surface area contributed by atoms with Crippen molar-refractivity contribution in [3.05, 3.63) is 18.0 Å². The fourth-order valence-corrected chi connectivity index (χ4v) is 2.99. The van der Waals surface area contributed by atoms with Gasteiger partial charge in [0.25, 0.3) is 0 Å². The molecule has 0 radical (unpaired) electrons. The van der Waals surface area contributed by atoms with E-state index in [4.69, 9.17) is 0 Å². The molecule has 1 aliphatic carbocycles. The summed E-state index contributed by atoms with van der Waals surface area (Å²) in [7, 11) is 0. The van der Waals surface area contributed by atoms with Crippen molar-refractivity contribution in [1.82, 2.24) is 9.78 Å². The summed E-state index contributed by atoms with van der Waals surface area (Å²) in [6.45, 7) is 1.58. The zero-order valence-electron chi connectivity index (χ0n) is 12.4. The highest BCUT2D eigenvalue weighted by molar-refractivity contribution is 5.04. The van der Waals surface area contributed by atoms with E-state index in [1.165, 1.54) is 12.8 Å². The van der Waals surface area contributed by atoms with Crippen LogP contribution < -0.4 is 0 Å². The molecule has 2 rings (SSSR count). The number of nitrogens with zero attached hydrogens (tertiary/aromatic N) is 2. The Morgan fingerprint density at radius 1 is 1.29 bits per heavy atom. The minimum Gasteiger partial charge on any atom is -0.390 e. The fourth-order valence-electron chi connectivity index (χ4n) is 2.99. The average molecular weight is 304 g/mol. The molecule has 1 fully saturated rings. The number of hydrogen-bond acceptors (Lipinski definition) is 2. The fraction of sp³-hybridized carbons (Fsp3) is 0.800. The molecule has 1 saturated carbocycles. The molecular weight excluding hydrogens is 281 g/mol. The van der Waals surface area contributed by atoms with E-state index in [0.29, 0.717) is 12.5 Å². The van der Waals surface area contributed by atoms with Gasteiger partial charge in [-0.1, -0.05) is 12.8 Å². The monoisotopic (exact) mass is 304 g/mol.